The molecule has 1 saturated carbocycles. The smallest absolute Gasteiger partial charge is 0.260 e. The Kier molecular flexibility index (Phi) is 8.71. The minimum atomic E-state index is -1.61. The lowest BCUT2D eigenvalue weighted by atomic mass is 9.49. The van der Waals surface area contributed by atoms with E-state index in [2.05, 4.69) is 28.0 Å². The Morgan fingerprint density at radius 3 is 2.33 bits per heavy atom. The fraction of sp³-hybridized carbons (Fsp3) is 0.209. The second-order valence-electron chi connectivity index (χ2n) is 14.4. The number of carbonyl (C=O) groups is 4. The maximum atomic E-state index is 15.6. The molecule has 0 spiro atoms. The molecule has 3 fully saturated rings. The number of anilines is 2. The number of phenols is 1. The Morgan fingerprint density at radius 1 is 0.855 bits per heavy atom. The van der Waals surface area contributed by atoms with E-state index in [0.717, 1.165) is 19.5 Å². The molecule has 0 bridgehead atoms. The summed E-state index contributed by atoms with van der Waals surface area (Å²) in [5.74, 6) is -5.18. The van der Waals surface area contributed by atoms with Crippen molar-refractivity contribution in [1.82, 2.24) is 5.01 Å². The molecule has 6 atom stereocenters. The number of imide groups is 2. The first kappa shape index (κ1) is 35.8. The molecule has 4 aliphatic rings. The van der Waals surface area contributed by atoms with Gasteiger partial charge in [-0.25, -0.2) is 0 Å². The largest absolute Gasteiger partial charge is 0.507 e. The normalized spacial score (nSPS) is 25.8. The van der Waals surface area contributed by atoms with Crippen LogP contribution in [0.3, 0.4) is 0 Å². The van der Waals surface area contributed by atoms with Crippen LogP contribution in [0, 0.1) is 27.2 Å². The number of aromatic hydroxyl groups is 1. The first-order chi connectivity index (χ1) is 26.5. The van der Waals surface area contributed by atoms with Crippen LogP contribution >= 0.6 is 45.8 Å². The van der Waals surface area contributed by atoms with E-state index in [0.29, 0.717) is 38.7 Å². The standard InChI is InChI=1S/C43H32Cl2IN3O6/c1-55-27-14-7-23(8-15-27)43-33(40(52)49(42(43)54)47-35-19-9-24(44)20-34(35)45)21-32-29(37(43)31-16-6-22-4-2-3-5-28(22)38(31)50)17-18-30-36(32)41(53)48(39(30)51)26-12-10-25(46)11-13-26/h2-17,19-20,30,32-33,36-37,47,50H,18,21H2,1H3. The number of halogens is 3. The lowest BCUT2D eigenvalue weighted by molar-refractivity contribution is -0.138. The molecule has 2 N–H and O–H groups in total. The number of hydrogen-bond donors (Lipinski definition) is 2. The minimum Gasteiger partial charge on any atom is -0.507 e. The molecule has 0 aromatic heterocycles. The number of nitrogens with zero attached hydrogens (tertiary/aromatic N) is 2. The summed E-state index contributed by atoms with van der Waals surface area (Å²) >= 11 is 15.0. The number of methoxy groups -OCH3 is 1. The Labute approximate surface area is 340 Å². The third-order valence-electron chi connectivity index (χ3n) is 11.9. The van der Waals surface area contributed by atoms with E-state index in [1.807, 2.05) is 54.6 Å². The van der Waals surface area contributed by atoms with Gasteiger partial charge in [0.2, 0.25) is 11.8 Å². The molecule has 12 heteroatoms. The highest BCUT2D eigenvalue weighted by molar-refractivity contribution is 14.1. The van der Waals surface area contributed by atoms with Crippen molar-refractivity contribution in [3.05, 3.63) is 140 Å². The molecule has 2 saturated heterocycles. The number of benzene rings is 5. The van der Waals surface area contributed by atoms with Gasteiger partial charge in [-0.3, -0.25) is 29.5 Å². The van der Waals surface area contributed by atoms with Crippen molar-refractivity contribution >= 4 is 91.6 Å². The van der Waals surface area contributed by atoms with Gasteiger partial charge in [-0.05, 0) is 107 Å². The number of phenolic OH excluding ortho intramolecular Hbond substituents is 1. The third-order valence-corrected chi connectivity index (χ3v) is 13.2. The molecule has 2 heterocycles. The van der Waals surface area contributed by atoms with Crippen molar-refractivity contribution in [2.24, 2.45) is 23.7 Å². The molecule has 6 unspecified atom stereocenters. The van der Waals surface area contributed by atoms with Gasteiger partial charge >= 0.3 is 0 Å². The quantitative estimate of drug-likeness (QED) is 0.0997. The highest BCUT2D eigenvalue weighted by Crippen LogP contribution is 2.65. The highest BCUT2D eigenvalue weighted by atomic mass is 127. The molecule has 5 aromatic rings. The second-order valence-corrected chi connectivity index (χ2v) is 16.5. The predicted octanol–water partition coefficient (Wildman–Crippen LogP) is 8.65. The maximum absolute atomic E-state index is 15.6. The van der Waals surface area contributed by atoms with Gasteiger partial charge in [-0.2, -0.15) is 5.01 Å². The topological polar surface area (TPSA) is 116 Å². The SMILES string of the molecule is COc1ccc(C23C(=O)N(Nc4ccc(Cl)cc4Cl)C(=O)C2CC2C(=CCC4C(=O)N(c5ccc(I)cc5)C(=O)C42)C3c2ccc3ccccc3c2O)cc1. The lowest BCUT2D eigenvalue weighted by Crippen LogP contribution is -2.53. The lowest BCUT2D eigenvalue weighted by Gasteiger charge is -2.50. The number of amides is 4. The highest BCUT2D eigenvalue weighted by Gasteiger charge is 2.70. The van der Waals surface area contributed by atoms with E-state index < -0.39 is 46.8 Å². The summed E-state index contributed by atoms with van der Waals surface area (Å²) in [5.41, 5.74) is 3.89. The van der Waals surface area contributed by atoms with Crippen molar-refractivity contribution < 1.29 is 29.0 Å². The predicted molar refractivity (Wildman–Crippen MR) is 218 cm³/mol. The van der Waals surface area contributed by atoms with Gasteiger partial charge in [0.25, 0.3) is 11.8 Å². The summed E-state index contributed by atoms with van der Waals surface area (Å²) < 4.78 is 6.46. The van der Waals surface area contributed by atoms with Gasteiger partial charge in [-0.15, -0.1) is 0 Å². The van der Waals surface area contributed by atoms with Gasteiger partial charge in [0.05, 0.1) is 46.7 Å². The molecule has 276 valence electrons. The number of ether oxygens (including phenoxy) is 1. The first-order valence-electron chi connectivity index (χ1n) is 17.8. The summed E-state index contributed by atoms with van der Waals surface area (Å²) in [5, 5.41) is 15.2. The van der Waals surface area contributed by atoms with Crippen molar-refractivity contribution in [2.75, 3.05) is 17.4 Å². The molecule has 2 aliphatic carbocycles. The minimum absolute atomic E-state index is 0.0276. The fourth-order valence-corrected chi connectivity index (χ4v) is 10.3. The van der Waals surface area contributed by atoms with Gasteiger partial charge in [0.1, 0.15) is 11.5 Å². The molecule has 55 heavy (non-hydrogen) atoms. The summed E-state index contributed by atoms with van der Waals surface area (Å²) in [6.07, 6.45) is 2.32. The average molecular weight is 885 g/mol. The molecular weight excluding hydrogens is 852 g/mol. The van der Waals surface area contributed by atoms with Gasteiger partial charge in [0.15, 0.2) is 0 Å². The van der Waals surface area contributed by atoms with Crippen LogP contribution in [0.1, 0.15) is 29.9 Å². The van der Waals surface area contributed by atoms with E-state index in [-0.39, 0.29) is 35.4 Å². The van der Waals surface area contributed by atoms with Crippen molar-refractivity contribution in [2.45, 2.75) is 24.2 Å². The average Bonchev–Trinajstić information content (AvgIpc) is 3.57. The zero-order valence-corrected chi connectivity index (χ0v) is 32.9. The Bertz CT molecular complexity index is 2490. The summed E-state index contributed by atoms with van der Waals surface area (Å²) in [6.45, 7) is 0. The van der Waals surface area contributed by atoms with Crippen LogP contribution in [-0.2, 0) is 24.6 Å². The zero-order valence-electron chi connectivity index (χ0n) is 29.2. The molecule has 9 rings (SSSR count). The Morgan fingerprint density at radius 2 is 1.60 bits per heavy atom. The monoisotopic (exact) mass is 883 g/mol. The fourth-order valence-electron chi connectivity index (χ4n) is 9.54. The number of nitrogens with one attached hydrogen (secondary N) is 1. The number of fused-ring (bicyclic) bond motifs is 5. The number of rotatable bonds is 6. The molecule has 4 amide bonds. The molecule has 9 nitrogen and oxygen atoms in total. The number of allylic oxidation sites excluding steroid dienone is 2. The van der Waals surface area contributed by atoms with Gasteiger partial charge in [0, 0.05) is 25.5 Å². The summed E-state index contributed by atoms with van der Waals surface area (Å²) in [4.78, 5) is 60.6. The van der Waals surface area contributed by atoms with E-state index in [4.69, 9.17) is 27.9 Å². The molecule has 2 aliphatic heterocycles. The third kappa shape index (κ3) is 5.32. The van der Waals surface area contributed by atoms with Crippen molar-refractivity contribution in [3.63, 3.8) is 0 Å². The van der Waals surface area contributed by atoms with Crippen LogP contribution in [0.4, 0.5) is 11.4 Å². The van der Waals surface area contributed by atoms with Gasteiger partial charge in [-0.1, -0.05) is 83.4 Å². The molecule has 0 radical (unpaired) electrons. The Hall–Kier alpha value is -4.91. The van der Waals surface area contributed by atoms with E-state index >= 15 is 9.59 Å². The van der Waals surface area contributed by atoms with Crippen LogP contribution < -0.4 is 15.1 Å². The Balaban J connectivity index is 1.27. The van der Waals surface area contributed by atoms with E-state index in [9.17, 15) is 14.7 Å². The summed E-state index contributed by atoms with van der Waals surface area (Å²) in [7, 11) is 1.55. The van der Waals surface area contributed by atoms with Gasteiger partial charge < -0.3 is 9.84 Å². The van der Waals surface area contributed by atoms with Crippen LogP contribution in [0.5, 0.6) is 11.5 Å². The number of hydrogen-bond acceptors (Lipinski definition) is 7. The van der Waals surface area contributed by atoms with E-state index in [1.165, 1.54) is 11.0 Å². The molecule has 5 aromatic carbocycles. The van der Waals surface area contributed by atoms with Crippen LogP contribution in [0.25, 0.3) is 10.8 Å². The second kappa shape index (κ2) is 13.4. The van der Waals surface area contributed by atoms with E-state index in [1.54, 1.807) is 55.6 Å². The zero-order chi connectivity index (χ0) is 38.3. The van der Waals surface area contributed by atoms with Crippen LogP contribution in [-0.4, -0.2) is 40.9 Å². The van der Waals surface area contributed by atoms with Crippen molar-refractivity contribution in [3.8, 4) is 11.5 Å². The first-order valence-corrected chi connectivity index (χ1v) is 19.7. The number of carbonyl (C=O) groups excluding carboxylic acids is 4. The van der Waals surface area contributed by atoms with Crippen molar-refractivity contribution in [1.29, 1.82) is 0 Å². The van der Waals surface area contributed by atoms with Crippen LogP contribution in [0.2, 0.25) is 10.0 Å². The number of hydrazine groups is 1. The maximum Gasteiger partial charge on any atom is 0.260 e. The molecular formula is C43H32Cl2IN3O6. The van der Waals surface area contributed by atoms with Crippen LogP contribution in [0.15, 0.2) is 115 Å². The summed E-state index contributed by atoms with van der Waals surface area (Å²) in [6, 6.07) is 30.1.